The molecule has 0 radical (unpaired) electrons. The number of amides is 1. The summed E-state index contributed by atoms with van der Waals surface area (Å²) < 4.78 is 38.1. The number of sulfonamides is 1. The van der Waals surface area contributed by atoms with E-state index in [2.05, 4.69) is 0 Å². The average molecular weight is 473 g/mol. The Morgan fingerprint density at radius 1 is 1.13 bits per heavy atom. The lowest BCUT2D eigenvalue weighted by Crippen LogP contribution is -2.49. The minimum atomic E-state index is -3.86. The van der Waals surface area contributed by atoms with Crippen LogP contribution in [0.3, 0.4) is 0 Å². The normalized spacial score (nSPS) is 21.0. The second kappa shape index (κ2) is 10.2. The first-order chi connectivity index (χ1) is 14.8. The fraction of sp³-hybridized carbons (Fsp3) is 0.619. The van der Waals surface area contributed by atoms with E-state index in [0.717, 1.165) is 0 Å². The van der Waals surface area contributed by atoms with Gasteiger partial charge in [-0.15, -0.1) is 0 Å². The van der Waals surface area contributed by atoms with Crippen LogP contribution in [0.4, 0.5) is 0 Å². The van der Waals surface area contributed by atoms with Crippen molar-refractivity contribution < 1.29 is 27.5 Å². The zero-order valence-corrected chi connectivity index (χ0v) is 19.5. The van der Waals surface area contributed by atoms with Crippen molar-refractivity contribution in [3.8, 4) is 5.75 Å². The summed E-state index contributed by atoms with van der Waals surface area (Å²) in [4.78, 5) is 26.8. The SMILES string of the molecule is CCOC(=O)C1CCN(C(=O)[C@@H]2CCCN(S(=O)(=O)c3cc(Cl)ccc3OC)C2)CC1. The van der Waals surface area contributed by atoms with Crippen LogP contribution < -0.4 is 4.74 Å². The molecule has 1 atom stereocenters. The van der Waals surface area contributed by atoms with Crippen LogP contribution >= 0.6 is 11.6 Å². The van der Waals surface area contributed by atoms with Crippen molar-refractivity contribution in [3.05, 3.63) is 23.2 Å². The lowest BCUT2D eigenvalue weighted by molar-refractivity contribution is -0.152. The maximum atomic E-state index is 13.3. The number of ether oxygens (including phenoxy) is 2. The molecule has 0 bridgehead atoms. The smallest absolute Gasteiger partial charge is 0.309 e. The van der Waals surface area contributed by atoms with Gasteiger partial charge in [0.2, 0.25) is 15.9 Å². The molecule has 2 heterocycles. The van der Waals surface area contributed by atoms with Gasteiger partial charge in [0.1, 0.15) is 10.6 Å². The van der Waals surface area contributed by atoms with Crippen molar-refractivity contribution in [3.63, 3.8) is 0 Å². The Bertz CT molecular complexity index is 914. The summed E-state index contributed by atoms with van der Waals surface area (Å²) in [7, 11) is -2.45. The monoisotopic (exact) mass is 472 g/mol. The molecular formula is C21H29ClN2O6S. The number of likely N-dealkylation sites (tertiary alicyclic amines) is 1. The number of carbonyl (C=O) groups excluding carboxylic acids is 2. The van der Waals surface area contributed by atoms with Crippen molar-refractivity contribution >= 4 is 33.5 Å². The summed E-state index contributed by atoms with van der Waals surface area (Å²) in [5, 5.41) is 0.300. The first-order valence-corrected chi connectivity index (χ1v) is 12.4. The van der Waals surface area contributed by atoms with Gasteiger partial charge in [0.05, 0.1) is 25.6 Å². The summed E-state index contributed by atoms with van der Waals surface area (Å²) in [5.74, 6) is -0.630. The minimum Gasteiger partial charge on any atom is -0.495 e. The Kier molecular flexibility index (Phi) is 7.82. The molecule has 172 valence electrons. The molecule has 8 nitrogen and oxygen atoms in total. The van der Waals surface area contributed by atoms with Crippen LogP contribution in [0.1, 0.15) is 32.6 Å². The molecule has 2 saturated heterocycles. The maximum absolute atomic E-state index is 13.3. The van der Waals surface area contributed by atoms with E-state index < -0.39 is 15.9 Å². The van der Waals surface area contributed by atoms with Gasteiger partial charge < -0.3 is 14.4 Å². The van der Waals surface area contributed by atoms with Gasteiger partial charge in [-0.25, -0.2) is 8.42 Å². The van der Waals surface area contributed by atoms with Crippen molar-refractivity contribution in [1.29, 1.82) is 0 Å². The second-order valence-corrected chi connectivity index (χ2v) is 10.2. The molecular weight excluding hydrogens is 444 g/mol. The highest BCUT2D eigenvalue weighted by molar-refractivity contribution is 7.89. The van der Waals surface area contributed by atoms with Gasteiger partial charge in [-0.05, 0) is 50.8 Å². The first kappa shape index (κ1) is 23.8. The lowest BCUT2D eigenvalue weighted by atomic mass is 9.93. The van der Waals surface area contributed by atoms with E-state index >= 15 is 0 Å². The van der Waals surface area contributed by atoms with Crippen LogP contribution in [0.2, 0.25) is 5.02 Å². The van der Waals surface area contributed by atoms with Crippen molar-refractivity contribution in [2.45, 2.75) is 37.5 Å². The average Bonchev–Trinajstić information content (AvgIpc) is 2.79. The molecule has 0 saturated carbocycles. The van der Waals surface area contributed by atoms with E-state index in [1.165, 1.54) is 23.5 Å². The van der Waals surface area contributed by atoms with Gasteiger partial charge in [0.15, 0.2) is 0 Å². The highest BCUT2D eigenvalue weighted by atomic mass is 35.5. The maximum Gasteiger partial charge on any atom is 0.309 e. The Hall–Kier alpha value is -1.84. The van der Waals surface area contributed by atoms with Gasteiger partial charge >= 0.3 is 5.97 Å². The number of rotatable bonds is 6. The Morgan fingerprint density at radius 2 is 1.84 bits per heavy atom. The van der Waals surface area contributed by atoms with Gasteiger partial charge in [-0.3, -0.25) is 9.59 Å². The largest absolute Gasteiger partial charge is 0.495 e. The summed E-state index contributed by atoms with van der Waals surface area (Å²) >= 11 is 6.02. The molecule has 2 aliphatic heterocycles. The molecule has 1 aromatic rings. The number of esters is 1. The summed E-state index contributed by atoms with van der Waals surface area (Å²) in [6, 6.07) is 4.47. The quantitative estimate of drug-likeness (QED) is 0.591. The topological polar surface area (TPSA) is 93.2 Å². The van der Waals surface area contributed by atoms with Crippen LogP contribution in [0.15, 0.2) is 23.1 Å². The number of piperidine rings is 2. The number of hydrogen-bond acceptors (Lipinski definition) is 6. The number of nitrogens with zero attached hydrogens (tertiary/aromatic N) is 2. The second-order valence-electron chi connectivity index (χ2n) is 7.85. The number of carbonyl (C=O) groups is 2. The van der Waals surface area contributed by atoms with E-state index in [1.807, 2.05) is 0 Å². The van der Waals surface area contributed by atoms with E-state index in [4.69, 9.17) is 21.1 Å². The number of benzene rings is 1. The molecule has 2 fully saturated rings. The van der Waals surface area contributed by atoms with Crippen LogP contribution in [0.25, 0.3) is 0 Å². The van der Waals surface area contributed by atoms with Gasteiger partial charge in [0, 0.05) is 31.2 Å². The third kappa shape index (κ3) is 5.32. The molecule has 10 heteroatoms. The van der Waals surface area contributed by atoms with Crippen LogP contribution in [-0.2, 0) is 24.3 Å². The molecule has 3 rings (SSSR count). The predicted octanol–water partition coefficient (Wildman–Crippen LogP) is 2.55. The van der Waals surface area contributed by atoms with Gasteiger partial charge in [0.25, 0.3) is 0 Å². The highest BCUT2D eigenvalue weighted by Crippen LogP contribution is 2.32. The fourth-order valence-corrected chi connectivity index (χ4v) is 6.15. The van der Waals surface area contributed by atoms with E-state index in [1.54, 1.807) is 17.9 Å². The van der Waals surface area contributed by atoms with Crippen molar-refractivity contribution in [2.75, 3.05) is 39.9 Å². The van der Waals surface area contributed by atoms with Crippen molar-refractivity contribution in [2.24, 2.45) is 11.8 Å². The molecule has 0 aliphatic carbocycles. The third-order valence-corrected chi connectivity index (χ3v) is 8.02. The fourth-order valence-electron chi connectivity index (χ4n) is 4.21. The zero-order valence-electron chi connectivity index (χ0n) is 17.9. The van der Waals surface area contributed by atoms with Gasteiger partial charge in [-0.1, -0.05) is 11.6 Å². The number of methoxy groups -OCH3 is 1. The minimum absolute atomic E-state index is 0.00542. The first-order valence-electron chi connectivity index (χ1n) is 10.6. The molecule has 0 unspecified atom stereocenters. The van der Waals surface area contributed by atoms with Crippen LogP contribution in [-0.4, -0.2) is 69.4 Å². The molecule has 0 N–H and O–H groups in total. The highest BCUT2D eigenvalue weighted by Gasteiger charge is 2.37. The Balaban J connectivity index is 1.67. The summed E-state index contributed by atoms with van der Waals surface area (Å²) in [5.41, 5.74) is 0. The Labute approximate surface area is 188 Å². The number of halogens is 1. The zero-order chi connectivity index (χ0) is 22.6. The molecule has 1 aromatic carbocycles. The van der Waals surface area contributed by atoms with E-state index in [-0.39, 0.29) is 35.0 Å². The van der Waals surface area contributed by atoms with Crippen LogP contribution in [0.5, 0.6) is 5.75 Å². The summed E-state index contributed by atoms with van der Waals surface area (Å²) in [6.45, 7) is 3.54. The standard InChI is InChI=1S/C21H29ClN2O6S/c1-3-30-21(26)15-8-11-23(12-9-15)20(25)16-5-4-10-24(14-16)31(27,28)19-13-17(22)6-7-18(19)29-2/h6-7,13,15-16H,3-5,8-12,14H2,1-2H3/t16-/m1/s1. The van der Waals surface area contributed by atoms with Gasteiger partial charge in [-0.2, -0.15) is 4.31 Å². The summed E-state index contributed by atoms with van der Waals surface area (Å²) in [6.07, 6.45) is 2.37. The molecule has 0 spiro atoms. The Morgan fingerprint density at radius 3 is 2.48 bits per heavy atom. The van der Waals surface area contributed by atoms with E-state index in [0.29, 0.717) is 56.9 Å². The predicted molar refractivity (Wildman–Crippen MR) is 115 cm³/mol. The van der Waals surface area contributed by atoms with E-state index in [9.17, 15) is 18.0 Å². The molecule has 31 heavy (non-hydrogen) atoms. The molecule has 1 amide bonds. The van der Waals surface area contributed by atoms with Crippen LogP contribution in [0, 0.1) is 11.8 Å². The lowest BCUT2D eigenvalue weighted by Gasteiger charge is -2.37. The molecule has 0 aromatic heterocycles. The molecule has 2 aliphatic rings. The number of hydrogen-bond donors (Lipinski definition) is 0. The third-order valence-electron chi connectivity index (χ3n) is 5.90. The van der Waals surface area contributed by atoms with Crippen molar-refractivity contribution in [1.82, 2.24) is 9.21 Å².